The minimum absolute atomic E-state index is 0.196. The molecule has 5 rings (SSSR count). The second kappa shape index (κ2) is 8.68. The quantitative estimate of drug-likeness (QED) is 0.396. The predicted molar refractivity (Wildman–Crippen MR) is 135 cm³/mol. The van der Waals surface area contributed by atoms with Crippen molar-refractivity contribution in [2.24, 2.45) is 0 Å². The summed E-state index contributed by atoms with van der Waals surface area (Å²) in [7, 11) is 0. The van der Waals surface area contributed by atoms with Crippen molar-refractivity contribution in [1.29, 1.82) is 0 Å². The van der Waals surface area contributed by atoms with Crippen molar-refractivity contribution in [3.63, 3.8) is 0 Å². The number of thiazole rings is 1. The Hall–Kier alpha value is -4.11. The smallest absolute Gasteiger partial charge is 0.322 e. The number of fused-ring (bicyclic) bond motifs is 2. The predicted octanol–water partition coefficient (Wildman–Crippen LogP) is 4.33. The third kappa shape index (κ3) is 4.01. The van der Waals surface area contributed by atoms with Crippen LogP contribution in [0.25, 0.3) is 31.8 Å². The second-order valence-electron chi connectivity index (χ2n) is 8.03. The Morgan fingerprint density at radius 3 is 2.68 bits per heavy atom. The number of hydrogen-bond acceptors (Lipinski definition) is 6. The molecular formula is C25H21N5O3S. The third-order valence-electron chi connectivity index (χ3n) is 5.48. The Labute approximate surface area is 197 Å². The highest BCUT2D eigenvalue weighted by Crippen LogP contribution is 2.31. The lowest BCUT2D eigenvalue weighted by Crippen LogP contribution is -2.31. The first-order valence-corrected chi connectivity index (χ1v) is 11.7. The minimum atomic E-state index is -0.565. The zero-order valence-electron chi connectivity index (χ0n) is 18.6. The maximum absolute atomic E-state index is 12.8. The van der Waals surface area contributed by atoms with Crippen molar-refractivity contribution in [2.45, 2.75) is 26.8 Å². The molecule has 2 N–H and O–H groups in total. The summed E-state index contributed by atoms with van der Waals surface area (Å²) < 4.78 is 2.54. The standard InChI is InChI=1S/C25H21N5O3S/c1-3-10-30-21-18(23(32)29-25(30)33)12-16(13-26-21)22(31)27-17-7-5-15(6-8-17)24-28-19-9-4-14(2)11-20(19)34-24/h4-9,11-13H,3,10H2,1-2H3,(H,27,31)(H,29,32,33). The summed E-state index contributed by atoms with van der Waals surface area (Å²) in [5.41, 5.74) is 3.15. The van der Waals surface area contributed by atoms with Gasteiger partial charge >= 0.3 is 5.69 Å². The Morgan fingerprint density at radius 1 is 1.12 bits per heavy atom. The number of rotatable bonds is 5. The molecule has 34 heavy (non-hydrogen) atoms. The van der Waals surface area contributed by atoms with Gasteiger partial charge in [0.05, 0.1) is 21.2 Å². The highest BCUT2D eigenvalue weighted by Gasteiger charge is 2.14. The van der Waals surface area contributed by atoms with Gasteiger partial charge < -0.3 is 5.32 Å². The molecular weight excluding hydrogens is 450 g/mol. The number of aromatic nitrogens is 4. The largest absolute Gasteiger partial charge is 0.329 e. The lowest BCUT2D eigenvalue weighted by molar-refractivity contribution is 0.102. The Kier molecular flexibility index (Phi) is 5.54. The molecule has 0 fully saturated rings. The summed E-state index contributed by atoms with van der Waals surface area (Å²) in [6.45, 7) is 4.40. The maximum Gasteiger partial charge on any atom is 0.329 e. The van der Waals surface area contributed by atoms with Gasteiger partial charge in [-0.2, -0.15) is 0 Å². The van der Waals surface area contributed by atoms with E-state index in [1.54, 1.807) is 11.3 Å². The highest BCUT2D eigenvalue weighted by molar-refractivity contribution is 7.21. The zero-order valence-corrected chi connectivity index (χ0v) is 19.4. The van der Waals surface area contributed by atoms with Crippen LogP contribution in [0, 0.1) is 6.92 Å². The lowest BCUT2D eigenvalue weighted by Gasteiger charge is -2.09. The Bertz CT molecular complexity index is 1660. The van der Waals surface area contributed by atoms with Crippen molar-refractivity contribution in [3.05, 3.63) is 86.7 Å². The highest BCUT2D eigenvalue weighted by atomic mass is 32.1. The van der Waals surface area contributed by atoms with Gasteiger partial charge in [-0.1, -0.05) is 13.0 Å². The van der Waals surface area contributed by atoms with Gasteiger partial charge in [-0.15, -0.1) is 11.3 Å². The van der Waals surface area contributed by atoms with Crippen LogP contribution in [0.2, 0.25) is 0 Å². The van der Waals surface area contributed by atoms with Gasteiger partial charge in [0, 0.05) is 24.0 Å². The molecule has 8 nitrogen and oxygen atoms in total. The minimum Gasteiger partial charge on any atom is -0.322 e. The van der Waals surface area contributed by atoms with E-state index in [-0.39, 0.29) is 16.6 Å². The molecule has 0 unspecified atom stereocenters. The Morgan fingerprint density at radius 2 is 1.91 bits per heavy atom. The molecule has 0 aliphatic carbocycles. The van der Waals surface area contributed by atoms with Gasteiger partial charge in [0.15, 0.2) is 0 Å². The van der Waals surface area contributed by atoms with Crippen molar-refractivity contribution in [2.75, 3.05) is 5.32 Å². The van der Waals surface area contributed by atoms with Gasteiger partial charge in [-0.3, -0.25) is 19.1 Å². The van der Waals surface area contributed by atoms with Crippen LogP contribution in [0.3, 0.4) is 0 Å². The van der Waals surface area contributed by atoms with E-state index >= 15 is 0 Å². The SMILES string of the molecule is CCCn1c(=O)[nH]c(=O)c2cc(C(=O)Nc3ccc(-c4nc5ccc(C)cc5s4)cc3)cnc21. The number of amides is 1. The summed E-state index contributed by atoms with van der Waals surface area (Å²) in [6, 6.07) is 15.1. The number of hydrogen-bond donors (Lipinski definition) is 2. The van der Waals surface area contributed by atoms with Gasteiger partial charge in [-0.25, -0.2) is 14.8 Å². The van der Waals surface area contributed by atoms with Crippen molar-refractivity contribution >= 4 is 44.2 Å². The molecule has 0 radical (unpaired) electrons. The molecule has 9 heteroatoms. The number of pyridine rings is 1. The van der Waals surface area contributed by atoms with Crippen LogP contribution in [0.15, 0.2) is 64.3 Å². The summed E-state index contributed by atoms with van der Waals surface area (Å²) in [6.07, 6.45) is 2.08. The van der Waals surface area contributed by atoms with Crippen LogP contribution in [0.5, 0.6) is 0 Å². The van der Waals surface area contributed by atoms with Crippen LogP contribution in [0.4, 0.5) is 5.69 Å². The fraction of sp³-hybridized carbons (Fsp3) is 0.160. The third-order valence-corrected chi connectivity index (χ3v) is 6.54. The number of anilines is 1. The van der Waals surface area contributed by atoms with Crippen molar-refractivity contribution in [3.8, 4) is 10.6 Å². The summed E-state index contributed by atoms with van der Waals surface area (Å²) in [4.78, 5) is 48.4. The van der Waals surface area contributed by atoms with E-state index in [0.717, 1.165) is 20.8 Å². The summed E-state index contributed by atoms with van der Waals surface area (Å²) in [5.74, 6) is -0.398. The molecule has 0 spiro atoms. The van der Waals surface area contributed by atoms with Crippen LogP contribution in [-0.4, -0.2) is 25.4 Å². The molecule has 0 aliphatic rings. The molecule has 0 saturated heterocycles. The average Bonchev–Trinajstić information content (AvgIpc) is 3.25. The molecule has 0 atom stereocenters. The van der Waals surface area contributed by atoms with Crippen LogP contribution >= 0.6 is 11.3 Å². The molecule has 0 aliphatic heterocycles. The first-order valence-electron chi connectivity index (χ1n) is 10.8. The van der Waals surface area contributed by atoms with Crippen molar-refractivity contribution < 1.29 is 4.79 Å². The fourth-order valence-corrected chi connectivity index (χ4v) is 4.85. The molecule has 0 bridgehead atoms. The van der Waals surface area contributed by atoms with Crippen molar-refractivity contribution in [1.82, 2.24) is 19.5 Å². The van der Waals surface area contributed by atoms with E-state index in [9.17, 15) is 14.4 Å². The number of nitrogens with one attached hydrogen (secondary N) is 2. The molecule has 3 aromatic heterocycles. The van der Waals surface area contributed by atoms with E-state index in [1.165, 1.54) is 22.4 Å². The lowest BCUT2D eigenvalue weighted by atomic mass is 10.2. The number of aromatic amines is 1. The molecule has 3 heterocycles. The van der Waals surface area contributed by atoms with E-state index in [4.69, 9.17) is 4.98 Å². The second-order valence-corrected chi connectivity index (χ2v) is 9.06. The topological polar surface area (TPSA) is 110 Å². The average molecular weight is 472 g/mol. The Balaban J connectivity index is 1.39. The monoisotopic (exact) mass is 471 g/mol. The molecule has 0 saturated carbocycles. The number of carbonyl (C=O) groups excluding carboxylic acids is 1. The fourth-order valence-electron chi connectivity index (χ4n) is 3.78. The normalized spacial score (nSPS) is 11.2. The van der Waals surface area contributed by atoms with Gasteiger partial charge in [0.2, 0.25) is 0 Å². The summed E-state index contributed by atoms with van der Waals surface area (Å²) >= 11 is 1.63. The van der Waals surface area contributed by atoms with Gasteiger partial charge in [0.25, 0.3) is 11.5 Å². The van der Waals surface area contributed by atoms with Gasteiger partial charge in [0.1, 0.15) is 10.7 Å². The molecule has 5 aromatic rings. The number of nitrogens with zero attached hydrogens (tertiary/aromatic N) is 3. The first kappa shape index (κ1) is 21.7. The van der Waals surface area contributed by atoms with Crippen LogP contribution < -0.4 is 16.6 Å². The molecule has 1 amide bonds. The zero-order chi connectivity index (χ0) is 23.8. The molecule has 170 valence electrons. The number of carbonyl (C=O) groups is 1. The van der Waals surface area contributed by atoms with Crippen LogP contribution in [0.1, 0.15) is 29.3 Å². The number of H-pyrrole nitrogens is 1. The van der Waals surface area contributed by atoms with E-state index in [2.05, 4.69) is 28.3 Å². The van der Waals surface area contributed by atoms with E-state index < -0.39 is 17.2 Å². The van der Waals surface area contributed by atoms with Crippen LogP contribution in [-0.2, 0) is 6.54 Å². The van der Waals surface area contributed by atoms with Gasteiger partial charge in [-0.05, 0) is 61.4 Å². The number of aryl methyl sites for hydroxylation is 2. The van der Waals surface area contributed by atoms with E-state index in [0.29, 0.717) is 18.7 Å². The number of benzene rings is 2. The van der Waals surface area contributed by atoms with E-state index in [1.807, 2.05) is 43.3 Å². The molecule has 2 aromatic carbocycles. The maximum atomic E-state index is 12.8. The first-order chi connectivity index (χ1) is 16.4. The summed E-state index contributed by atoms with van der Waals surface area (Å²) in [5, 5.41) is 3.94.